The third kappa shape index (κ3) is 7.38. The van der Waals surface area contributed by atoms with Crippen LogP contribution < -0.4 is 19.5 Å². The van der Waals surface area contributed by atoms with E-state index in [2.05, 4.69) is 25.0 Å². The van der Waals surface area contributed by atoms with E-state index in [-0.39, 0.29) is 52.6 Å². The van der Waals surface area contributed by atoms with Gasteiger partial charge in [-0.2, -0.15) is 9.71 Å². The number of sulfonamides is 1. The highest BCUT2D eigenvalue weighted by atomic mass is 32.2. The second kappa shape index (κ2) is 12.8. The lowest BCUT2D eigenvalue weighted by atomic mass is 9.87. The number of amidine groups is 1. The van der Waals surface area contributed by atoms with Crippen molar-refractivity contribution >= 4 is 22.3 Å². The quantitative estimate of drug-likeness (QED) is 0.241. The van der Waals surface area contributed by atoms with Gasteiger partial charge in [0.25, 0.3) is 12.4 Å². The Labute approximate surface area is 238 Å². The van der Waals surface area contributed by atoms with E-state index in [1.54, 1.807) is 54.6 Å². The van der Waals surface area contributed by atoms with Gasteiger partial charge in [-0.15, -0.1) is 0 Å². The Morgan fingerprint density at radius 1 is 0.976 bits per heavy atom. The zero-order valence-electron chi connectivity index (χ0n) is 23.0. The molecule has 2 N–H and O–H groups in total. The summed E-state index contributed by atoms with van der Waals surface area (Å²) >= 11 is 0. The van der Waals surface area contributed by atoms with Crippen LogP contribution in [0.2, 0.25) is 0 Å². The molecule has 1 unspecified atom stereocenters. The van der Waals surface area contributed by atoms with E-state index in [9.17, 15) is 13.2 Å². The van der Waals surface area contributed by atoms with Crippen molar-refractivity contribution < 1.29 is 32.2 Å². The van der Waals surface area contributed by atoms with Gasteiger partial charge in [0.2, 0.25) is 15.8 Å². The van der Waals surface area contributed by atoms with Gasteiger partial charge in [0.05, 0.1) is 12.0 Å². The number of hydrogen-bond donors (Lipinski definition) is 2. The van der Waals surface area contributed by atoms with Crippen LogP contribution in [0, 0.1) is 0 Å². The zero-order chi connectivity index (χ0) is 29.5. The van der Waals surface area contributed by atoms with E-state index >= 15 is 0 Å². The SMILES string of the molecule is COc1ccccc1OC1=C(OCCOC=O)N=C(c2ncccn2)NC1NS(=O)(=O)c1ccc(C(C)(C)C)cc1. The number of carbonyl (C=O) groups excluding carboxylic acids is 1. The van der Waals surface area contributed by atoms with Gasteiger partial charge in [-0.05, 0) is 41.3 Å². The number of para-hydroxylation sites is 2. The molecular weight excluding hydrogens is 550 g/mol. The van der Waals surface area contributed by atoms with Crippen LogP contribution in [-0.4, -0.2) is 57.2 Å². The summed E-state index contributed by atoms with van der Waals surface area (Å²) in [5.74, 6) is 0.889. The van der Waals surface area contributed by atoms with Crippen molar-refractivity contribution in [1.29, 1.82) is 0 Å². The van der Waals surface area contributed by atoms with E-state index < -0.39 is 16.2 Å². The summed E-state index contributed by atoms with van der Waals surface area (Å²) < 4.78 is 52.0. The standard InChI is InChI=1S/C28H31N5O7S/c1-28(2,3)19-10-12-20(13-11-19)41(35,36)33-24-23(40-22-9-6-5-8-21(22)37-4)27(39-17-16-38-18-34)32-26(31-24)25-29-14-7-15-30-25/h5-15,18,24,33H,16-17H2,1-4H3,(H,31,32). The van der Waals surface area contributed by atoms with Crippen molar-refractivity contribution in [3.05, 3.63) is 90.0 Å². The maximum absolute atomic E-state index is 13.6. The minimum absolute atomic E-state index is 0.0184. The molecule has 1 aromatic heterocycles. The third-order valence-corrected chi connectivity index (χ3v) is 7.28. The number of nitrogens with one attached hydrogen (secondary N) is 2. The van der Waals surface area contributed by atoms with Gasteiger partial charge in [0.15, 0.2) is 29.3 Å². The number of ether oxygens (including phenoxy) is 4. The first-order valence-corrected chi connectivity index (χ1v) is 14.1. The number of benzene rings is 2. The van der Waals surface area contributed by atoms with Crippen LogP contribution in [0.15, 0.2) is 88.5 Å². The summed E-state index contributed by atoms with van der Waals surface area (Å²) in [5, 5.41) is 3.01. The van der Waals surface area contributed by atoms with Crippen molar-refractivity contribution in [3.8, 4) is 11.5 Å². The van der Waals surface area contributed by atoms with Crippen LogP contribution in [-0.2, 0) is 29.7 Å². The molecule has 0 radical (unpaired) electrons. The van der Waals surface area contributed by atoms with Gasteiger partial charge in [0.1, 0.15) is 13.2 Å². The number of aromatic nitrogens is 2. The Bertz CT molecular complexity index is 1520. The van der Waals surface area contributed by atoms with E-state index in [4.69, 9.17) is 18.9 Å². The highest BCUT2D eigenvalue weighted by molar-refractivity contribution is 7.89. The number of methoxy groups -OCH3 is 1. The molecule has 4 rings (SSSR count). The van der Waals surface area contributed by atoms with Gasteiger partial charge in [-0.25, -0.2) is 18.4 Å². The molecule has 13 heteroatoms. The fraction of sp³-hybridized carbons (Fsp3) is 0.286. The summed E-state index contributed by atoms with van der Waals surface area (Å²) in [6.45, 7) is 6.25. The maximum Gasteiger partial charge on any atom is 0.293 e. The first-order chi connectivity index (χ1) is 19.6. The van der Waals surface area contributed by atoms with Crippen LogP contribution in [0.3, 0.4) is 0 Å². The molecule has 0 spiro atoms. The number of aliphatic imine (C=N–C) groups is 1. The molecule has 216 valence electrons. The van der Waals surface area contributed by atoms with E-state index in [0.29, 0.717) is 12.2 Å². The lowest BCUT2D eigenvalue weighted by Gasteiger charge is -2.29. The molecule has 1 atom stereocenters. The molecule has 1 aliphatic rings. The summed E-state index contributed by atoms with van der Waals surface area (Å²) in [4.78, 5) is 23.6. The van der Waals surface area contributed by atoms with Gasteiger partial charge in [-0.3, -0.25) is 4.79 Å². The van der Waals surface area contributed by atoms with E-state index in [1.807, 2.05) is 20.8 Å². The fourth-order valence-corrected chi connectivity index (χ4v) is 4.86. The molecule has 0 bridgehead atoms. The van der Waals surface area contributed by atoms with Crippen LogP contribution >= 0.6 is 0 Å². The summed E-state index contributed by atoms with van der Waals surface area (Å²) in [6.07, 6.45) is 1.82. The summed E-state index contributed by atoms with van der Waals surface area (Å²) in [6, 6.07) is 15.1. The maximum atomic E-state index is 13.6. The van der Waals surface area contributed by atoms with E-state index in [0.717, 1.165) is 5.56 Å². The molecule has 0 fully saturated rings. The van der Waals surface area contributed by atoms with Gasteiger partial charge in [-0.1, -0.05) is 45.0 Å². The monoisotopic (exact) mass is 581 g/mol. The topological polar surface area (TPSA) is 150 Å². The minimum Gasteiger partial charge on any atom is -0.493 e. The Morgan fingerprint density at radius 2 is 1.66 bits per heavy atom. The molecule has 0 saturated carbocycles. The van der Waals surface area contributed by atoms with Gasteiger partial charge >= 0.3 is 0 Å². The summed E-state index contributed by atoms with van der Waals surface area (Å²) in [5.41, 5.74) is 0.830. The highest BCUT2D eigenvalue weighted by Crippen LogP contribution is 2.31. The van der Waals surface area contributed by atoms with Crippen molar-refractivity contribution in [2.75, 3.05) is 20.3 Å². The molecule has 0 aliphatic carbocycles. The zero-order valence-corrected chi connectivity index (χ0v) is 23.8. The molecular formula is C28H31N5O7S. The normalized spacial score (nSPS) is 15.4. The van der Waals surface area contributed by atoms with Crippen molar-refractivity contribution in [1.82, 2.24) is 20.0 Å². The first kappa shape index (κ1) is 29.5. The largest absolute Gasteiger partial charge is 0.493 e. The number of nitrogens with zero attached hydrogens (tertiary/aromatic N) is 3. The molecule has 0 amide bonds. The Balaban J connectivity index is 1.77. The van der Waals surface area contributed by atoms with Crippen molar-refractivity contribution in [2.24, 2.45) is 4.99 Å². The predicted molar refractivity (Wildman–Crippen MR) is 150 cm³/mol. The Hall–Kier alpha value is -4.49. The number of carbonyl (C=O) groups is 1. The summed E-state index contributed by atoms with van der Waals surface area (Å²) in [7, 11) is -2.62. The molecule has 1 aliphatic heterocycles. The highest BCUT2D eigenvalue weighted by Gasteiger charge is 2.34. The van der Waals surface area contributed by atoms with Gasteiger partial charge in [0, 0.05) is 12.4 Å². The molecule has 12 nitrogen and oxygen atoms in total. The van der Waals surface area contributed by atoms with Crippen molar-refractivity contribution in [3.63, 3.8) is 0 Å². The van der Waals surface area contributed by atoms with Gasteiger partial charge < -0.3 is 24.3 Å². The van der Waals surface area contributed by atoms with Crippen molar-refractivity contribution in [2.45, 2.75) is 37.2 Å². The average molecular weight is 582 g/mol. The molecule has 0 saturated heterocycles. The molecule has 3 aromatic rings. The van der Waals surface area contributed by atoms with E-state index in [1.165, 1.54) is 19.5 Å². The lowest BCUT2D eigenvalue weighted by molar-refractivity contribution is -0.129. The number of rotatable bonds is 12. The minimum atomic E-state index is -4.10. The van der Waals surface area contributed by atoms with Crippen LogP contribution in [0.5, 0.6) is 11.5 Å². The Morgan fingerprint density at radius 3 is 2.29 bits per heavy atom. The second-order valence-corrected chi connectivity index (χ2v) is 11.5. The predicted octanol–water partition coefficient (Wildman–Crippen LogP) is 2.87. The Kier molecular flexibility index (Phi) is 9.20. The average Bonchev–Trinajstić information content (AvgIpc) is 2.96. The fourth-order valence-electron chi connectivity index (χ4n) is 3.75. The second-order valence-electron chi connectivity index (χ2n) is 9.74. The van der Waals surface area contributed by atoms with Crippen LogP contribution in [0.4, 0.5) is 0 Å². The smallest absolute Gasteiger partial charge is 0.293 e. The molecule has 2 heterocycles. The number of hydrogen-bond acceptors (Lipinski definition) is 11. The van der Waals surface area contributed by atoms with Crippen LogP contribution in [0.25, 0.3) is 0 Å². The molecule has 41 heavy (non-hydrogen) atoms. The van der Waals surface area contributed by atoms with Crippen LogP contribution in [0.1, 0.15) is 32.2 Å². The molecule has 2 aromatic carbocycles. The first-order valence-electron chi connectivity index (χ1n) is 12.6. The lowest BCUT2D eigenvalue weighted by Crippen LogP contribution is -2.53. The third-order valence-electron chi connectivity index (χ3n) is 5.85.